The average Bonchev–Trinajstić information content (AvgIpc) is 2.51. The Hall–Kier alpha value is -2.24. The van der Waals surface area contributed by atoms with Gasteiger partial charge in [0.15, 0.2) is 6.61 Å². The first-order valence-corrected chi connectivity index (χ1v) is 7.34. The number of aryl methyl sites for hydroxylation is 1. The van der Waals surface area contributed by atoms with Crippen molar-refractivity contribution in [2.24, 2.45) is 0 Å². The van der Waals surface area contributed by atoms with Crippen LogP contribution in [-0.2, 0) is 9.53 Å². The zero-order valence-corrected chi connectivity index (χ0v) is 13.6. The number of rotatable bonds is 4. The smallest absolute Gasteiger partial charge is 0.342 e. The molecule has 0 unspecified atom stereocenters. The van der Waals surface area contributed by atoms with E-state index in [9.17, 15) is 14.7 Å². The van der Waals surface area contributed by atoms with Crippen molar-refractivity contribution in [2.45, 2.75) is 6.92 Å². The standard InChI is InChI=1S/C16H13Cl2NO4/c1-9-2-4-11(7-13(9)18)19-15(21)8-23-16(22)12-6-10(17)3-5-14(12)20/h2-7,20H,8H2,1H3,(H,19,21). The van der Waals surface area contributed by atoms with Gasteiger partial charge in [-0.25, -0.2) is 4.79 Å². The highest BCUT2D eigenvalue weighted by Gasteiger charge is 2.15. The van der Waals surface area contributed by atoms with Crippen molar-refractivity contribution in [3.63, 3.8) is 0 Å². The lowest BCUT2D eigenvalue weighted by Gasteiger charge is -2.08. The molecule has 0 spiro atoms. The highest BCUT2D eigenvalue weighted by molar-refractivity contribution is 6.31. The first-order chi connectivity index (χ1) is 10.9. The molecule has 0 saturated heterocycles. The minimum Gasteiger partial charge on any atom is -0.507 e. The van der Waals surface area contributed by atoms with Gasteiger partial charge in [-0.05, 0) is 42.8 Å². The van der Waals surface area contributed by atoms with Gasteiger partial charge in [0, 0.05) is 15.7 Å². The van der Waals surface area contributed by atoms with Gasteiger partial charge < -0.3 is 15.2 Å². The summed E-state index contributed by atoms with van der Waals surface area (Å²) in [4.78, 5) is 23.6. The minimum atomic E-state index is -0.845. The van der Waals surface area contributed by atoms with Crippen LogP contribution in [0.4, 0.5) is 5.69 Å². The molecule has 2 aromatic rings. The maximum Gasteiger partial charge on any atom is 0.342 e. The molecular weight excluding hydrogens is 341 g/mol. The van der Waals surface area contributed by atoms with E-state index in [1.165, 1.54) is 18.2 Å². The number of phenolic OH excluding ortho intramolecular Hbond substituents is 1. The van der Waals surface area contributed by atoms with Crippen LogP contribution < -0.4 is 5.32 Å². The molecule has 0 aliphatic heterocycles. The molecule has 0 saturated carbocycles. The molecule has 0 aromatic heterocycles. The summed E-state index contributed by atoms with van der Waals surface area (Å²) in [5.74, 6) is -1.65. The van der Waals surface area contributed by atoms with Crippen molar-refractivity contribution in [2.75, 3.05) is 11.9 Å². The fourth-order valence-corrected chi connectivity index (χ4v) is 2.10. The Bertz CT molecular complexity index is 762. The zero-order valence-electron chi connectivity index (χ0n) is 12.1. The van der Waals surface area contributed by atoms with E-state index in [1.54, 1.807) is 18.2 Å². The van der Waals surface area contributed by atoms with Crippen molar-refractivity contribution >= 4 is 40.8 Å². The molecular formula is C16H13Cl2NO4. The second-order valence-electron chi connectivity index (χ2n) is 4.75. The third kappa shape index (κ3) is 4.61. The molecule has 7 heteroatoms. The van der Waals surface area contributed by atoms with Crippen molar-refractivity contribution in [3.8, 4) is 5.75 Å². The largest absolute Gasteiger partial charge is 0.507 e. The Balaban J connectivity index is 1.94. The van der Waals surface area contributed by atoms with Gasteiger partial charge in [0.1, 0.15) is 11.3 Å². The molecule has 0 atom stereocenters. The number of amides is 1. The fourth-order valence-electron chi connectivity index (χ4n) is 1.75. The van der Waals surface area contributed by atoms with Crippen LogP contribution >= 0.6 is 23.2 Å². The van der Waals surface area contributed by atoms with Gasteiger partial charge in [0.2, 0.25) is 0 Å². The molecule has 2 aromatic carbocycles. The van der Waals surface area contributed by atoms with Crippen LogP contribution in [0.3, 0.4) is 0 Å². The second-order valence-corrected chi connectivity index (χ2v) is 5.59. The third-order valence-electron chi connectivity index (χ3n) is 2.97. The number of hydrogen-bond acceptors (Lipinski definition) is 4. The third-order valence-corrected chi connectivity index (χ3v) is 3.61. The first-order valence-electron chi connectivity index (χ1n) is 6.58. The SMILES string of the molecule is Cc1ccc(NC(=O)COC(=O)c2cc(Cl)ccc2O)cc1Cl. The molecule has 0 fully saturated rings. The number of halogens is 2. The Morgan fingerprint density at radius 2 is 1.91 bits per heavy atom. The summed E-state index contributed by atoms with van der Waals surface area (Å²) < 4.78 is 4.85. The Labute approximate surface area is 142 Å². The predicted octanol–water partition coefficient (Wildman–Crippen LogP) is 3.80. The van der Waals surface area contributed by atoms with Crippen molar-refractivity contribution in [3.05, 3.63) is 57.6 Å². The topological polar surface area (TPSA) is 75.6 Å². The molecule has 2 N–H and O–H groups in total. The lowest BCUT2D eigenvalue weighted by molar-refractivity contribution is -0.119. The maximum absolute atomic E-state index is 11.8. The van der Waals surface area contributed by atoms with Crippen LogP contribution in [0.15, 0.2) is 36.4 Å². The van der Waals surface area contributed by atoms with Gasteiger partial charge >= 0.3 is 5.97 Å². The average molecular weight is 354 g/mol. The number of aromatic hydroxyl groups is 1. The number of benzene rings is 2. The van der Waals surface area contributed by atoms with Gasteiger partial charge in [-0.15, -0.1) is 0 Å². The molecule has 120 valence electrons. The number of carbonyl (C=O) groups is 2. The number of carbonyl (C=O) groups excluding carboxylic acids is 2. The van der Waals surface area contributed by atoms with E-state index in [-0.39, 0.29) is 16.3 Å². The Morgan fingerprint density at radius 3 is 2.61 bits per heavy atom. The number of esters is 1. The number of ether oxygens (including phenoxy) is 1. The van der Waals surface area contributed by atoms with Crippen molar-refractivity contribution < 1.29 is 19.4 Å². The van der Waals surface area contributed by atoms with E-state index < -0.39 is 18.5 Å². The van der Waals surface area contributed by atoms with E-state index in [2.05, 4.69) is 5.32 Å². The molecule has 0 aliphatic rings. The predicted molar refractivity (Wildman–Crippen MR) is 88.2 cm³/mol. The van der Waals surface area contributed by atoms with Crippen LogP contribution in [0.2, 0.25) is 10.0 Å². The molecule has 2 rings (SSSR count). The van der Waals surface area contributed by atoms with E-state index >= 15 is 0 Å². The lowest BCUT2D eigenvalue weighted by Crippen LogP contribution is -2.21. The van der Waals surface area contributed by atoms with Crippen LogP contribution in [0, 0.1) is 6.92 Å². The minimum absolute atomic E-state index is 0.108. The number of anilines is 1. The van der Waals surface area contributed by atoms with E-state index in [0.29, 0.717) is 10.7 Å². The first kappa shape index (κ1) is 17.1. The quantitative estimate of drug-likeness (QED) is 0.819. The summed E-state index contributed by atoms with van der Waals surface area (Å²) in [5, 5.41) is 12.9. The summed E-state index contributed by atoms with van der Waals surface area (Å²) in [7, 11) is 0. The maximum atomic E-state index is 11.8. The molecule has 23 heavy (non-hydrogen) atoms. The summed E-state index contributed by atoms with van der Waals surface area (Å²) in [6.07, 6.45) is 0. The summed E-state index contributed by atoms with van der Waals surface area (Å²) in [6, 6.07) is 9.00. The zero-order chi connectivity index (χ0) is 17.0. The lowest BCUT2D eigenvalue weighted by atomic mass is 10.2. The monoisotopic (exact) mass is 353 g/mol. The molecule has 5 nitrogen and oxygen atoms in total. The summed E-state index contributed by atoms with van der Waals surface area (Å²) in [5.41, 5.74) is 1.27. The second kappa shape index (κ2) is 7.35. The molecule has 1 amide bonds. The van der Waals surface area contributed by atoms with Crippen LogP contribution in [0.25, 0.3) is 0 Å². The van der Waals surface area contributed by atoms with Gasteiger partial charge in [0.05, 0.1) is 0 Å². The Kier molecular flexibility index (Phi) is 5.47. The van der Waals surface area contributed by atoms with Gasteiger partial charge in [0.25, 0.3) is 5.91 Å². The summed E-state index contributed by atoms with van der Waals surface area (Å²) >= 11 is 11.7. The Morgan fingerprint density at radius 1 is 1.17 bits per heavy atom. The van der Waals surface area contributed by atoms with E-state index in [0.717, 1.165) is 5.56 Å². The number of hydrogen-bond donors (Lipinski definition) is 2. The van der Waals surface area contributed by atoms with Crippen LogP contribution in [-0.4, -0.2) is 23.6 Å². The van der Waals surface area contributed by atoms with Crippen molar-refractivity contribution in [1.29, 1.82) is 0 Å². The highest BCUT2D eigenvalue weighted by Crippen LogP contribution is 2.22. The highest BCUT2D eigenvalue weighted by atomic mass is 35.5. The summed E-state index contributed by atoms with van der Waals surface area (Å²) in [6.45, 7) is 1.34. The van der Waals surface area contributed by atoms with Gasteiger partial charge in [-0.2, -0.15) is 0 Å². The van der Waals surface area contributed by atoms with Gasteiger partial charge in [-0.1, -0.05) is 29.3 Å². The fraction of sp³-hybridized carbons (Fsp3) is 0.125. The van der Waals surface area contributed by atoms with Crippen molar-refractivity contribution in [1.82, 2.24) is 0 Å². The van der Waals surface area contributed by atoms with Gasteiger partial charge in [-0.3, -0.25) is 4.79 Å². The molecule has 0 bridgehead atoms. The number of nitrogens with one attached hydrogen (secondary N) is 1. The van der Waals surface area contributed by atoms with E-state index in [4.69, 9.17) is 27.9 Å². The van der Waals surface area contributed by atoms with E-state index in [1.807, 2.05) is 6.92 Å². The normalized spacial score (nSPS) is 10.2. The molecule has 0 heterocycles. The number of phenols is 1. The van der Waals surface area contributed by atoms with Crippen LogP contribution in [0.1, 0.15) is 15.9 Å². The molecule has 0 aliphatic carbocycles. The molecule has 0 radical (unpaired) electrons. The van der Waals surface area contributed by atoms with Crippen LogP contribution in [0.5, 0.6) is 5.75 Å².